The van der Waals surface area contributed by atoms with Crippen LogP contribution in [-0.2, 0) is 20.9 Å². The van der Waals surface area contributed by atoms with Crippen LogP contribution in [0.4, 0.5) is 4.79 Å². The van der Waals surface area contributed by atoms with Crippen molar-refractivity contribution < 1.29 is 19.1 Å². The molecule has 4 aromatic rings. The van der Waals surface area contributed by atoms with Crippen LogP contribution in [0.3, 0.4) is 0 Å². The number of allylic oxidation sites excluding steroid dienone is 1. The first kappa shape index (κ1) is 37.3. The molecule has 2 bridgehead atoms. The molecule has 4 aliphatic rings. The highest BCUT2D eigenvalue weighted by molar-refractivity contribution is 6.02. The number of aromatic nitrogens is 3. The Balaban J connectivity index is 0.888. The summed E-state index contributed by atoms with van der Waals surface area (Å²) in [5.74, 6) is 1.83. The summed E-state index contributed by atoms with van der Waals surface area (Å²) >= 11 is 0. The van der Waals surface area contributed by atoms with E-state index in [0.29, 0.717) is 24.9 Å². The number of benzene rings is 2. The van der Waals surface area contributed by atoms with E-state index in [0.717, 1.165) is 82.8 Å². The number of aliphatic imine (C=N–C) groups is 1. The normalized spacial score (nSPS) is 23.2. The number of fused-ring (bicyclic) bond motifs is 2. The topological polar surface area (TPSA) is 142 Å². The summed E-state index contributed by atoms with van der Waals surface area (Å²) in [7, 11) is 1.30. The summed E-state index contributed by atoms with van der Waals surface area (Å²) in [5, 5.41) is 5.95. The number of nitrogens with zero attached hydrogens (tertiary/aromatic N) is 4. The van der Waals surface area contributed by atoms with Gasteiger partial charge in [-0.25, -0.2) is 9.78 Å². The molecule has 2 aromatic heterocycles. The summed E-state index contributed by atoms with van der Waals surface area (Å²) in [6.07, 6.45) is 10.9. The summed E-state index contributed by atoms with van der Waals surface area (Å²) < 4.78 is 4.77. The predicted molar refractivity (Wildman–Crippen MR) is 216 cm³/mol. The van der Waals surface area contributed by atoms with Crippen molar-refractivity contribution in [1.29, 1.82) is 0 Å². The number of rotatable bonds is 11. The van der Waals surface area contributed by atoms with Gasteiger partial charge in [0.25, 0.3) is 0 Å². The molecule has 4 heterocycles. The van der Waals surface area contributed by atoms with Crippen molar-refractivity contribution in [3.8, 4) is 22.4 Å². The third kappa shape index (κ3) is 7.39. The summed E-state index contributed by atoms with van der Waals surface area (Å²) in [4.78, 5) is 58.5. The number of ether oxygens (including phenoxy) is 1. The third-order valence-electron chi connectivity index (χ3n) is 12.6. The number of alkyl carbamates (subject to hydrolysis) is 1. The number of aryl methyl sites for hydroxylation is 1. The van der Waals surface area contributed by atoms with Crippen LogP contribution in [0.15, 0.2) is 84.2 Å². The molecule has 2 aromatic carbocycles. The molecule has 8 rings (SSSR count). The molecule has 11 heteroatoms. The predicted octanol–water partition coefficient (Wildman–Crippen LogP) is 7.66. The number of imidazole rings is 1. The highest BCUT2D eigenvalue weighted by atomic mass is 16.5. The molecule has 56 heavy (non-hydrogen) atoms. The molecule has 2 saturated carbocycles. The van der Waals surface area contributed by atoms with Gasteiger partial charge < -0.3 is 25.3 Å². The van der Waals surface area contributed by atoms with Crippen molar-refractivity contribution in [2.24, 2.45) is 34.6 Å². The van der Waals surface area contributed by atoms with Crippen LogP contribution >= 0.6 is 0 Å². The van der Waals surface area contributed by atoms with Crippen LogP contribution < -0.4 is 10.6 Å². The quantitative estimate of drug-likeness (QED) is 0.144. The number of pyridine rings is 1. The lowest BCUT2D eigenvalue weighted by atomic mass is 9.75. The van der Waals surface area contributed by atoms with Crippen molar-refractivity contribution >= 4 is 29.2 Å². The van der Waals surface area contributed by atoms with Crippen molar-refractivity contribution in [1.82, 2.24) is 30.5 Å². The first-order valence-electron chi connectivity index (χ1n) is 20.0. The fourth-order valence-corrected chi connectivity index (χ4v) is 9.54. The monoisotopic (exact) mass is 753 g/mol. The number of carbonyl (C=O) groups excluding carboxylic acids is 3. The average Bonchev–Trinajstić information content (AvgIpc) is 4.08. The molecular weight excluding hydrogens is 703 g/mol. The SMILES string of the molecule is COC(=O)N[C@H](C(=O)N1CCC[C@H]1c1ncc(-c2ccc(-c3ccc(C4=CN=C(C5C6CCC(C6)[C@@H]5C(=O)NCc5cccnc5C)C4)cc3)cc2)[nH]1)C(C)C. The van der Waals surface area contributed by atoms with Gasteiger partial charge in [0, 0.05) is 55.1 Å². The van der Waals surface area contributed by atoms with E-state index in [1.54, 1.807) is 6.20 Å². The van der Waals surface area contributed by atoms with Crippen LogP contribution in [0.2, 0.25) is 0 Å². The lowest BCUT2D eigenvalue weighted by Crippen LogP contribution is -2.51. The maximum atomic E-state index is 13.6. The number of amides is 3. The number of nitrogens with one attached hydrogen (secondary N) is 3. The minimum atomic E-state index is -0.673. The molecule has 3 fully saturated rings. The molecule has 290 valence electrons. The van der Waals surface area contributed by atoms with Crippen molar-refractivity contribution in [3.63, 3.8) is 0 Å². The molecule has 2 aliphatic heterocycles. The average molecular weight is 754 g/mol. The van der Waals surface area contributed by atoms with Crippen LogP contribution in [0.1, 0.15) is 81.1 Å². The van der Waals surface area contributed by atoms with Crippen LogP contribution in [0.5, 0.6) is 0 Å². The van der Waals surface area contributed by atoms with Crippen molar-refractivity contribution in [2.75, 3.05) is 13.7 Å². The summed E-state index contributed by atoms with van der Waals surface area (Å²) in [5.41, 5.74) is 9.66. The molecule has 3 N–H and O–H groups in total. The Hall–Kier alpha value is -5.58. The first-order valence-corrected chi connectivity index (χ1v) is 20.0. The third-order valence-corrected chi connectivity index (χ3v) is 12.6. The molecule has 0 spiro atoms. The molecule has 0 radical (unpaired) electrons. The van der Waals surface area contributed by atoms with E-state index >= 15 is 0 Å². The van der Waals surface area contributed by atoms with Gasteiger partial charge in [0.05, 0.1) is 25.0 Å². The first-order chi connectivity index (χ1) is 27.2. The minimum Gasteiger partial charge on any atom is -0.453 e. The Bertz CT molecular complexity index is 2150. The highest BCUT2D eigenvalue weighted by Gasteiger charge is 2.52. The van der Waals surface area contributed by atoms with Crippen molar-refractivity contribution in [3.05, 3.63) is 102 Å². The van der Waals surface area contributed by atoms with Gasteiger partial charge in [-0.05, 0) is 96.2 Å². The smallest absolute Gasteiger partial charge is 0.407 e. The van der Waals surface area contributed by atoms with Gasteiger partial charge in [-0.15, -0.1) is 0 Å². The Labute approximate surface area is 328 Å². The van der Waals surface area contributed by atoms with Gasteiger partial charge >= 0.3 is 6.09 Å². The minimum absolute atomic E-state index is 0.0168. The molecule has 3 amide bonds. The number of methoxy groups -OCH3 is 1. The zero-order valence-electron chi connectivity index (χ0n) is 32.6. The highest BCUT2D eigenvalue weighted by Crippen LogP contribution is 2.54. The second-order valence-corrected chi connectivity index (χ2v) is 16.2. The van der Waals surface area contributed by atoms with E-state index in [-0.39, 0.29) is 35.6 Å². The number of H-pyrrole nitrogens is 1. The molecule has 3 unspecified atom stereocenters. The zero-order valence-corrected chi connectivity index (χ0v) is 32.6. The maximum absolute atomic E-state index is 13.6. The molecule has 6 atom stereocenters. The second-order valence-electron chi connectivity index (χ2n) is 16.2. The summed E-state index contributed by atoms with van der Waals surface area (Å²) in [6, 6.07) is 20.2. The lowest BCUT2D eigenvalue weighted by molar-refractivity contribution is -0.135. The van der Waals surface area contributed by atoms with E-state index in [4.69, 9.17) is 14.7 Å². The van der Waals surface area contributed by atoms with Gasteiger partial charge in [0.15, 0.2) is 0 Å². The van der Waals surface area contributed by atoms with Gasteiger partial charge in [-0.3, -0.25) is 19.6 Å². The molecule has 2 aliphatic carbocycles. The van der Waals surface area contributed by atoms with Crippen molar-refractivity contribution in [2.45, 2.75) is 77.9 Å². The summed E-state index contributed by atoms with van der Waals surface area (Å²) in [6.45, 7) is 6.93. The van der Waals surface area contributed by atoms with Crippen LogP contribution in [0, 0.1) is 36.5 Å². The fourth-order valence-electron chi connectivity index (χ4n) is 9.54. The molecule has 1 saturated heterocycles. The Kier molecular flexibility index (Phi) is 10.6. The lowest BCUT2D eigenvalue weighted by Gasteiger charge is -2.30. The van der Waals surface area contributed by atoms with Gasteiger partial charge in [-0.1, -0.05) is 68.4 Å². The number of likely N-dealkylation sites (tertiary alicyclic amines) is 1. The number of carbonyl (C=O) groups is 3. The van der Waals surface area contributed by atoms with Crippen LogP contribution in [-0.4, -0.2) is 63.2 Å². The van der Waals surface area contributed by atoms with E-state index in [2.05, 4.69) is 69.1 Å². The second kappa shape index (κ2) is 15.9. The Morgan fingerprint density at radius 3 is 2.36 bits per heavy atom. The van der Waals surface area contributed by atoms with Gasteiger partial charge in [0.1, 0.15) is 11.9 Å². The fraction of sp³-hybridized carbons (Fsp3) is 0.422. The van der Waals surface area contributed by atoms with Crippen LogP contribution in [0.25, 0.3) is 28.0 Å². The Morgan fingerprint density at radius 1 is 0.929 bits per heavy atom. The van der Waals surface area contributed by atoms with Gasteiger partial charge in [0.2, 0.25) is 11.8 Å². The van der Waals surface area contributed by atoms with Gasteiger partial charge in [-0.2, -0.15) is 0 Å². The number of hydrogen-bond acceptors (Lipinski definition) is 7. The van der Waals surface area contributed by atoms with E-state index in [1.165, 1.54) is 19.1 Å². The van der Waals surface area contributed by atoms with E-state index < -0.39 is 12.1 Å². The number of aromatic amines is 1. The molecule has 11 nitrogen and oxygen atoms in total. The standard InChI is InChI=1S/C45H51N7O4/c1-26(2)41(51-45(55)56-4)44(54)52-20-6-8-38(52)42-48-25-37(50-42)31-15-13-29(14-16-31)28-9-11-30(12-10-28)35-22-36(47-24-35)39-32-17-18-33(21-32)40(39)43(53)49-23-34-7-5-19-46-27(34)3/h5,7,9-16,19,24-26,32-33,38-41H,6,8,17-18,20-23H2,1-4H3,(H,48,50)(H,49,53)(H,51,55)/t32?,33?,38-,39?,40-,41-/m0/s1. The zero-order chi connectivity index (χ0) is 38.9. The largest absolute Gasteiger partial charge is 0.453 e. The van der Waals surface area contributed by atoms with E-state index in [9.17, 15) is 14.4 Å². The van der Waals surface area contributed by atoms with E-state index in [1.807, 2.05) is 50.2 Å². The Morgan fingerprint density at radius 2 is 1.64 bits per heavy atom. The maximum Gasteiger partial charge on any atom is 0.407 e. The molecular formula is C45H51N7O4. The number of hydrogen-bond donors (Lipinski definition) is 3.